The number of benzene rings is 1. The van der Waals surface area contributed by atoms with Gasteiger partial charge in [0.25, 0.3) is 5.91 Å². The lowest BCUT2D eigenvalue weighted by Crippen LogP contribution is -2.34. The molecule has 17 heavy (non-hydrogen) atoms. The highest BCUT2D eigenvalue weighted by molar-refractivity contribution is 6.17. The molecule has 1 rings (SSSR count). The molecular weight excluding hydrogens is 241 g/mol. The van der Waals surface area contributed by atoms with Crippen LogP contribution in [0.25, 0.3) is 0 Å². The number of halogens is 2. The summed E-state index contributed by atoms with van der Waals surface area (Å²) in [5.74, 6) is -0.339. The zero-order valence-corrected chi connectivity index (χ0v) is 10.9. The number of amides is 1. The Morgan fingerprint density at radius 3 is 2.65 bits per heavy atom. The highest BCUT2D eigenvalue weighted by atomic mass is 35.5. The third-order valence-corrected chi connectivity index (χ3v) is 2.81. The summed E-state index contributed by atoms with van der Waals surface area (Å²) in [5.41, 5.74) is -0.00275. The average Bonchev–Trinajstić information content (AvgIpc) is 2.27. The van der Waals surface area contributed by atoms with Gasteiger partial charge in [-0.25, -0.2) is 4.39 Å². The molecule has 0 bridgehead atoms. The summed E-state index contributed by atoms with van der Waals surface area (Å²) in [6.07, 6.45) is 0.798. The van der Waals surface area contributed by atoms with Gasteiger partial charge in [-0.3, -0.25) is 4.79 Å². The Hall–Kier alpha value is -1.09. The van der Waals surface area contributed by atoms with Crippen molar-refractivity contribution in [3.05, 3.63) is 35.6 Å². The lowest BCUT2D eigenvalue weighted by Gasteiger charge is -2.23. The molecule has 0 saturated carbocycles. The fourth-order valence-electron chi connectivity index (χ4n) is 1.40. The van der Waals surface area contributed by atoms with Crippen molar-refractivity contribution in [3.63, 3.8) is 0 Å². The standard InChI is InChI=1S/C13H17ClFNO/c1-13(2,7-8-14)9-16-12(17)10-5-3-4-6-11(10)15/h3-6H,7-9H2,1-2H3,(H,16,17). The summed E-state index contributed by atoms with van der Waals surface area (Å²) in [5, 5.41) is 2.73. The van der Waals surface area contributed by atoms with Crippen molar-refractivity contribution in [2.24, 2.45) is 5.41 Å². The number of hydrogen-bond acceptors (Lipinski definition) is 1. The number of carbonyl (C=O) groups is 1. The first kappa shape index (κ1) is 14.0. The van der Waals surface area contributed by atoms with Crippen LogP contribution in [0.1, 0.15) is 30.6 Å². The SMILES string of the molecule is CC(C)(CCCl)CNC(=O)c1ccccc1F. The molecular formula is C13H17ClFNO. The summed E-state index contributed by atoms with van der Waals surface area (Å²) < 4.78 is 13.3. The summed E-state index contributed by atoms with van der Waals surface area (Å²) >= 11 is 5.67. The smallest absolute Gasteiger partial charge is 0.254 e. The molecule has 0 unspecified atom stereocenters. The van der Waals surface area contributed by atoms with E-state index in [2.05, 4.69) is 5.32 Å². The highest BCUT2D eigenvalue weighted by Crippen LogP contribution is 2.19. The van der Waals surface area contributed by atoms with Gasteiger partial charge in [-0.05, 0) is 24.0 Å². The summed E-state index contributed by atoms with van der Waals surface area (Å²) in [7, 11) is 0. The van der Waals surface area contributed by atoms with Gasteiger partial charge in [-0.2, -0.15) is 0 Å². The summed E-state index contributed by atoms with van der Waals surface area (Å²) in [4.78, 5) is 11.7. The zero-order chi connectivity index (χ0) is 12.9. The summed E-state index contributed by atoms with van der Waals surface area (Å²) in [6, 6.07) is 5.95. The van der Waals surface area contributed by atoms with E-state index in [-0.39, 0.29) is 16.9 Å². The Bertz CT molecular complexity index is 393. The molecule has 1 aromatic carbocycles. The number of hydrogen-bond donors (Lipinski definition) is 1. The molecule has 1 N–H and O–H groups in total. The van der Waals surface area contributed by atoms with Gasteiger partial charge in [0.15, 0.2) is 0 Å². The van der Waals surface area contributed by atoms with Gasteiger partial charge in [-0.1, -0.05) is 26.0 Å². The van der Waals surface area contributed by atoms with E-state index in [9.17, 15) is 9.18 Å². The van der Waals surface area contributed by atoms with E-state index in [1.54, 1.807) is 12.1 Å². The zero-order valence-electron chi connectivity index (χ0n) is 10.1. The van der Waals surface area contributed by atoms with Crippen LogP contribution in [0.4, 0.5) is 4.39 Å². The minimum atomic E-state index is -0.500. The van der Waals surface area contributed by atoms with Crippen molar-refractivity contribution in [1.82, 2.24) is 5.32 Å². The lowest BCUT2D eigenvalue weighted by molar-refractivity contribution is 0.0932. The third kappa shape index (κ3) is 4.35. The first-order valence-corrected chi connectivity index (χ1v) is 6.08. The van der Waals surface area contributed by atoms with Crippen LogP contribution in [0.2, 0.25) is 0 Å². The molecule has 0 aliphatic heterocycles. The predicted molar refractivity (Wildman–Crippen MR) is 67.9 cm³/mol. The van der Waals surface area contributed by atoms with Crippen LogP contribution in [-0.2, 0) is 0 Å². The molecule has 0 saturated heterocycles. The van der Waals surface area contributed by atoms with Crippen LogP contribution in [0.15, 0.2) is 24.3 Å². The Labute approximate surface area is 106 Å². The maximum Gasteiger partial charge on any atom is 0.254 e. The predicted octanol–water partition coefficient (Wildman–Crippen LogP) is 3.21. The molecule has 0 spiro atoms. The molecule has 0 aliphatic rings. The number of alkyl halides is 1. The largest absolute Gasteiger partial charge is 0.351 e. The fraction of sp³-hybridized carbons (Fsp3) is 0.462. The molecule has 0 fully saturated rings. The van der Waals surface area contributed by atoms with Gasteiger partial charge < -0.3 is 5.32 Å². The summed E-state index contributed by atoms with van der Waals surface area (Å²) in [6.45, 7) is 4.50. The molecule has 0 aromatic heterocycles. The van der Waals surface area contributed by atoms with Gasteiger partial charge in [-0.15, -0.1) is 11.6 Å². The maximum absolute atomic E-state index is 13.3. The van der Waals surface area contributed by atoms with Crippen molar-refractivity contribution in [2.45, 2.75) is 20.3 Å². The third-order valence-electron chi connectivity index (χ3n) is 2.62. The molecule has 2 nitrogen and oxygen atoms in total. The van der Waals surface area contributed by atoms with E-state index in [1.165, 1.54) is 12.1 Å². The Kier molecular flexibility index (Phi) is 4.94. The second-order valence-corrected chi connectivity index (χ2v) is 5.14. The molecule has 94 valence electrons. The van der Waals surface area contributed by atoms with Gasteiger partial charge in [0.2, 0.25) is 0 Å². The molecule has 1 amide bonds. The van der Waals surface area contributed by atoms with Crippen molar-refractivity contribution < 1.29 is 9.18 Å². The number of nitrogens with one attached hydrogen (secondary N) is 1. The highest BCUT2D eigenvalue weighted by Gasteiger charge is 2.19. The monoisotopic (exact) mass is 257 g/mol. The van der Waals surface area contributed by atoms with Crippen molar-refractivity contribution in [3.8, 4) is 0 Å². The van der Waals surface area contributed by atoms with Crippen LogP contribution >= 0.6 is 11.6 Å². The van der Waals surface area contributed by atoms with Gasteiger partial charge in [0.05, 0.1) is 5.56 Å². The first-order valence-electron chi connectivity index (χ1n) is 5.55. The van der Waals surface area contributed by atoms with Crippen LogP contribution in [0.5, 0.6) is 0 Å². The van der Waals surface area contributed by atoms with E-state index in [4.69, 9.17) is 11.6 Å². The van der Waals surface area contributed by atoms with Crippen LogP contribution in [0, 0.1) is 11.2 Å². The van der Waals surface area contributed by atoms with Gasteiger partial charge in [0, 0.05) is 12.4 Å². The van der Waals surface area contributed by atoms with Crippen molar-refractivity contribution in [1.29, 1.82) is 0 Å². The Balaban J connectivity index is 2.59. The molecule has 0 aliphatic carbocycles. The van der Waals surface area contributed by atoms with E-state index >= 15 is 0 Å². The lowest BCUT2D eigenvalue weighted by atomic mass is 9.90. The molecule has 0 radical (unpaired) electrons. The maximum atomic E-state index is 13.3. The number of rotatable bonds is 5. The van der Waals surface area contributed by atoms with E-state index in [1.807, 2.05) is 13.8 Å². The van der Waals surface area contributed by atoms with Crippen LogP contribution in [-0.4, -0.2) is 18.3 Å². The molecule has 1 aromatic rings. The van der Waals surface area contributed by atoms with Gasteiger partial charge >= 0.3 is 0 Å². The second kappa shape index (κ2) is 6.01. The van der Waals surface area contributed by atoms with E-state index in [0.717, 1.165) is 6.42 Å². The second-order valence-electron chi connectivity index (χ2n) is 4.77. The fourth-order valence-corrected chi connectivity index (χ4v) is 1.92. The Morgan fingerprint density at radius 2 is 2.06 bits per heavy atom. The van der Waals surface area contributed by atoms with E-state index in [0.29, 0.717) is 12.4 Å². The molecule has 4 heteroatoms. The molecule has 0 heterocycles. The topological polar surface area (TPSA) is 29.1 Å². The Morgan fingerprint density at radius 1 is 1.41 bits per heavy atom. The quantitative estimate of drug-likeness (QED) is 0.807. The van der Waals surface area contributed by atoms with Crippen LogP contribution < -0.4 is 5.32 Å². The minimum absolute atomic E-state index is 0.0779. The minimum Gasteiger partial charge on any atom is -0.351 e. The van der Waals surface area contributed by atoms with E-state index < -0.39 is 5.82 Å². The average molecular weight is 258 g/mol. The molecule has 0 atom stereocenters. The van der Waals surface area contributed by atoms with Crippen LogP contribution in [0.3, 0.4) is 0 Å². The first-order chi connectivity index (χ1) is 7.96. The van der Waals surface area contributed by atoms with Gasteiger partial charge in [0.1, 0.15) is 5.82 Å². The number of carbonyl (C=O) groups excluding carboxylic acids is 1. The van der Waals surface area contributed by atoms with Crippen molar-refractivity contribution in [2.75, 3.05) is 12.4 Å². The van der Waals surface area contributed by atoms with Crippen molar-refractivity contribution >= 4 is 17.5 Å². The normalized spacial score (nSPS) is 11.3.